The number of rotatable bonds is 4. The van der Waals surface area contributed by atoms with Gasteiger partial charge in [0.15, 0.2) is 0 Å². The molecule has 3 nitrogen and oxygen atoms in total. The van der Waals surface area contributed by atoms with Crippen LogP contribution in [0.1, 0.15) is 19.4 Å². The van der Waals surface area contributed by atoms with Crippen LogP contribution < -0.4 is 5.32 Å². The van der Waals surface area contributed by atoms with E-state index in [1.54, 1.807) is 6.20 Å². The van der Waals surface area contributed by atoms with Gasteiger partial charge in [-0.05, 0) is 40.4 Å². The molecule has 1 unspecified atom stereocenters. The summed E-state index contributed by atoms with van der Waals surface area (Å²) in [6, 6.07) is 1.94. The van der Waals surface area contributed by atoms with Crippen LogP contribution in [-0.2, 0) is 0 Å². The fourth-order valence-electron chi connectivity index (χ4n) is 1.10. The first-order valence-corrected chi connectivity index (χ1v) is 5.84. The standard InChI is InChI=1S/C11H17BrN2O/c1-7(2)9(15)6-14-11-10(12)8(3)4-5-13-11/h4-5,7,9,15H,6H2,1-3H3,(H,13,14). The third-order valence-electron chi connectivity index (χ3n) is 2.33. The molecule has 2 N–H and O–H groups in total. The first-order valence-electron chi connectivity index (χ1n) is 5.05. The molecule has 0 aliphatic rings. The normalized spacial score (nSPS) is 12.9. The Morgan fingerprint density at radius 1 is 1.53 bits per heavy atom. The average molecular weight is 273 g/mol. The number of aryl methyl sites for hydroxylation is 1. The molecule has 0 bridgehead atoms. The van der Waals surface area contributed by atoms with Gasteiger partial charge in [0, 0.05) is 12.7 Å². The van der Waals surface area contributed by atoms with Crippen LogP contribution in [0, 0.1) is 12.8 Å². The van der Waals surface area contributed by atoms with Crippen molar-refractivity contribution in [2.24, 2.45) is 5.92 Å². The van der Waals surface area contributed by atoms with Crippen LogP contribution in [0.25, 0.3) is 0 Å². The maximum Gasteiger partial charge on any atom is 0.140 e. The van der Waals surface area contributed by atoms with Gasteiger partial charge in [0.05, 0.1) is 10.6 Å². The summed E-state index contributed by atoms with van der Waals surface area (Å²) in [6.07, 6.45) is 1.41. The molecule has 0 saturated carbocycles. The Labute approximate surface area is 99.1 Å². The largest absolute Gasteiger partial charge is 0.391 e. The third-order valence-corrected chi connectivity index (χ3v) is 3.33. The van der Waals surface area contributed by atoms with Gasteiger partial charge in [-0.25, -0.2) is 4.98 Å². The van der Waals surface area contributed by atoms with Gasteiger partial charge in [0.25, 0.3) is 0 Å². The van der Waals surface area contributed by atoms with E-state index >= 15 is 0 Å². The SMILES string of the molecule is Cc1ccnc(NCC(O)C(C)C)c1Br. The molecule has 1 aromatic heterocycles. The lowest BCUT2D eigenvalue weighted by atomic mass is 10.1. The Kier molecular flexibility index (Phi) is 4.54. The van der Waals surface area contributed by atoms with Gasteiger partial charge < -0.3 is 10.4 Å². The number of aliphatic hydroxyl groups is 1. The molecular formula is C11H17BrN2O. The van der Waals surface area contributed by atoms with Gasteiger partial charge in [-0.1, -0.05) is 13.8 Å². The third kappa shape index (κ3) is 3.47. The Morgan fingerprint density at radius 3 is 2.80 bits per heavy atom. The van der Waals surface area contributed by atoms with Crippen LogP contribution in [0.3, 0.4) is 0 Å². The van der Waals surface area contributed by atoms with E-state index in [2.05, 4.69) is 26.2 Å². The maximum absolute atomic E-state index is 9.64. The molecule has 4 heteroatoms. The monoisotopic (exact) mass is 272 g/mol. The van der Waals surface area contributed by atoms with Crippen molar-refractivity contribution in [2.75, 3.05) is 11.9 Å². The predicted molar refractivity (Wildman–Crippen MR) is 66.0 cm³/mol. The number of hydrogen-bond acceptors (Lipinski definition) is 3. The maximum atomic E-state index is 9.64. The van der Waals surface area contributed by atoms with Gasteiger partial charge in [-0.2, -0.15) is 0 Å². The van der Waals surface area contributed by atoms with E-state index in [1.807, 2.05) is 26.8 Å². The fourth-order valence-corrected chi connectivity index (χ4v) is 1.48. The van der Waals surface area contributed by atoms with E-state index in [1.165, 1.54) is 0 Å². The van der Waals surface area contributed by atoms with Crippen LogP contribution in [0.5, 0.6) is 0 Å². The molecule has 0 radical (unpaired) electrons. The number of aliphatic hydroxyl groups excluding tert-OH is 1. The molecule has 1 rings (SSSR count). The van der Waals surface area contributed by atoms with Crippen molar-refractivity contribution in [1.82, 2.24) is 4.98 Å². The smallest absolute Gasteiger partial charge is 0.140 e. The molecule has 1 aromatic rings. The summed E-state index contributed by atoms with van der Waals surface area (Å²) in [7, 11) is 0. The highest BCUT2D eigenvalue weighted by molar-refractivity contribution is 9.10. The fraction of sp³-hybridized carbons (Fsp3) is 0.545. The first kappa shape index (κ1) is 12.5. The van der Waals surface area contributed by atoms with E-state index in [-0.39, 0.29) is 12.0 Å². The Hall–Kier alpha value is -0.610. The molecule has 0 aliphatic carbocycles. The minimum Gasteiger partial charge on any atom is -0.391 e. The molecule has 84 valence electrons. The molecule has 0 amide bonds. The van der Waals surface area contributed by atoms with Gasteiger partial charge in [-0.15, -0.1) is 0 Å². The van der Waals surface area contributed by atoms with Crippen molar-refractivity contribution in [3.8, 4) is 0 Å². The van der Waals surface area contributed by atoms with Crippen molar-refractivity contribution in [3.63, 3.8) is 0 Å². The number of nitrogens with zero attached hydrogens (tertiary/aromatic N) is 1. The number of pyridine rings is 1. The zero-order chi connectivity index (χ0) is 11.4. The minimum absolute atomic E-state index is 0.251. The summed E-state index contributed by atoms with van der Waals surface area (Å²) in [5, 5.41) is 12.8. The highest BCUT2D eigenvalue weighted by atomic mass is 79.9. The van der Waals surface area contributed by atoms with Crippen LogP contribution >= 0.6 is 15.9 Å². The second-order valence-corrected chi connectivity index (χ2v) is 4.78. The van der Waals surface area contributed by atoms with E-state index in [0.717, 1.165) is 15.9 Å². The molecule has 0 aromatic carbocycles. The number of hydrogen-bond donors (Lipinski definition) is 2. The van der Waals surface area contributed by atoms with Crippen LogP contribution in [0.4, 0.5) is 5.82 Å². The number of halogens is 1. The molecule has 1 heterocycles. The molecule has 0 fully saturated rings. The van der Waals surface area contributed by atoms with Crippen LogP contribution in [0.2, 0.25) is 0 Å². The quantitative estimate of drug-likeness (QED) is 0.886. The van der Waals surface area contributed by atoms with Crippen molar-refractivity contribution < 1.29 is 5.11 Å². The summed E-state index contributed by atoms with van der Waals surface area (Å²) >= 11 is 3.46. The minimum atomic E-state index is -0.348. The first-order chi connectivity index (χ1) is 7.02. The molecule has 1 atom stereocenters. The second-order valence-electron chi connectivity index (χ2n) is 3.98. The van der Waals surface area contributed by atoms with Crippen molar-refractivity contribution in [3.05, 3.63) is 22.3 Å². The highest BCUT2D eigenvalue weighted by Gasteiger charge is 2.10. The molecule has 0 spiro atoms. The van der Waals surface area contributed by atoms with Gasteiger partial charge >= 0.3 is 0 Å². The van der Waals surface area contributed by atoms with E-state index in [4.69, 9.17) is 0 Å². The Bertz CT molecular complexity index is 328. The second kappa shape index (κ2) is 5.47. The predicted octanol–water partition coefficient (Wildman–Crippen LogP) is 2.58. The van der Waals surface area contributed by atoms with Crippen molar-refractivity contribution >= 4 is 21.7 Å². The number of aromatic nitrogens is 1. The van der Waals surface area contributed by atoms with Crippen LogP contribution in [-0.4, -0.2) is 22.7 Å². The summed E-state index contributed by atoms with van der Waals surface area (Å²) < 4.78 is 0.959. The zero-order valence-electron chi connectivity index (χ0n) is 9.29. The van der Waals surface area contributed by atoms with Crippen LogP contribution in [0.15, 0.2) is 16.7 Å². The molecule has 0 saturated heterocycles. The molecular weight excluding hydrogens is 256 g/mol. The summed E-state index contributed by atoms with van der Waals surface area (Å²) in [5.74, 6) is 1.04. The summed E-state index contributed by atoms with van der Waals surface area (Å²) in [4.78, 5) is 4.20. The van der Waals surface area contributed by atoms with Crippen molar-refractivity contribution in [1.29, 1.82) is 0 Å². The summed E-state index contributed by atoms with van der Waals surface area (Å²) in [6.45, 7) is 6.51. The lowest BCUT2D eigenvalue weighted by molar-refractivity contribution is 0.138. The van der Waals surface area contributed by atoms with E-state index < -0.39 is 0 Å². The summed E-state index contributed by atoms with van der Waals surface area (Å²) in [5.41, 5.74) is 1.13. The Morgan fingerprint density at radius 2 is 2.20 bits per heavy atom. The number of nitrogens with one attached hydrogen (secondary N) is 1. The topological polar surface area (TPSA) is 45.2 Å². The van der Waals surface area contributed by atoms with Gasteiger partial charge in [0.2, 0.25) is 0 Å². The molecule has 15 heavy (non-hydrogen) atoms. The van der Waals surface area contributed by atoms with Gasteiger partial charge in [0.1, 0.15) is 5.82 Å². The van der Waals surface area contributed by atoms with Crippen molar-refractivity contribution in [2.45, 2.75) is 26.9 Å². The number of anilines is 1. The zero-order valence-corrected chi connectivity index (χ0v) is 10.9. The lowest BCUT2D eigenvalue weighted by Crippen LogP contribution is -2.25. The van der Waals surface area contributed by atoms with Gasteiger partial charge in [-0.3, -0.25) is 0 Å². The molecule has 0 aliphatic heterocycles. The average Bonchev–Trinajstić information content (AvgIpc) is 2.19. The highest BCUT2D eigenvalue weighted by Crippen LogP contribution is 2.23. The lowest BCUT2D eigenvalue weighted by Gasteiger charge is -2.16. The van der Waals surface area contributed by atoms with E-state index in [9.17, 15) is 5.11 Å². The Balaban J connectivity index is 2.62. The van der Waals surface area contributed by atoms with E-state index in [0.29, 0.717) is 6.54 Å².